The van der Waals surface area contributed by atoms with E-state index in [0.29, 0.717) is 10.6 Å². The number of hydrogen-bond donors (Lipinski definition) is 3. The van der Waals surface area contributed by atoms with E-state index in [1.807, 2.05) is 0 Å². The van der Waals surface area contributed by atoms with Gasteiger partial charge < -0.3 is 15.3 Å². The van der Waals surface area contributed by atoms with Crippen molar-refractivity contribution in [1.29, 1.82) is 0 Å². The van der Waals surface area contributed by atoms with Crippen LogP contribution in [0.4, 0.5) is 0 Å². The lowest BCUT2D eigenvalue weighted by molar-refractivity contribution is -0.141. The van der Waals surface area contributed by atoms with E-state index in [-0.39, 0.29) is 0 Å². The lowest BCUT2D eigenvalue weighted by atomic mass is 10.0. The number of rotatable bonds is 4. The smallest absolute Gasteiger partial charge is 0.306 e. The van der Waals surface area contributed by atoms with E-state index in [4.69, 9.17) is 16.7 Å². The van der Waals surface area contributed by atoms with Gasteiger partial charge in [0.15, 0.2) is 0 Å². The molecule has 0 bridgehead atoms. The largest absolute Gasteiger partial charge is 0.481 e. The Bertz CT molecular complexity index is 392. The van der Waals surface area contributed by atoms with Gasteiger partial charge in [0, 0.05) is 10.6 Å². The van der Waals surface area contributed by atoms with Gasteiger partial charge in [-0.25, -0.2) is 0 Å². The minimum absolute atomic E-state index is 0.343. The van der Waals surface area contributed by atoms with Crippen LogP contribution in [0, 0.1) is 6.92 Å². The summed E-state index contributed by atoms with van der Waals surface area (Å²) < 4.78 is 0. The Morgan fingerprint density at radius 1 is 1.44 bits per heavy atom. The van der Waals surface area contributed by atoms with E-state index < -0.39 is 24.6 Å². The van der Waals surface area contributed by atoms with Crippen LogP contribution in [-0.4, -0.2) is 27.4 Å². The maximum absolute atomic E-state index is 10.4. The topological polar surface area (TPSA) is 77.8 Å². The molecule has 0 aliphatic heterocycles. The van der Waals surface area contributed by atoms with Crippen LogP contribution in [0.5, 0.6) is 0 Å². The first-order valence-electron chi connectivity index (χ1n) is 4.76. The van der Waals surface area contributed by atoms with Crippen molar-refractivity contribution < 1.29 is 20.1 Å². The molecule has 3 N–H and O–H groups in total. The van der Waals surface area contributed by atoms with Gasteiger partial charge in [0.2, 0.25) is 0 Å². The van der Waals surface area contributed by atoms with Crippen LogP contribution < -0.4 is 0 Å². The van der Waals surface area contributed by atoms with Gasteiger partial charge in [0.1, 0.15) is 6.10 Å². The summed E-state index contributed by atoms with van der Waals surface area (Å²) in [5.41, 5.74) is 1.11. The zero-order valence-corrected chi connectivity index (χ0v) is 9.48. The van der Waals surface area contributed by atoms with Crippen LogP contribution in [0.15, 0.2) is 18.2 Å². The Kier molecular flexibility index (Phi) is 4.29. The molecule has 4 nitrogen and oxygen atoms in total. The Hall–Kier alpha value is -1.10. The highest BCUT2D eigenvalue weighted by atomic mass is 35.5. The average molecular weight is 245 g/mol. The normalized spacial score (nSPS) is 14.5. The monoisotopic (exact) mass is 244 g/mol. The summed E-state index contributed by atoms with van der Waals surface area (Å²) >= 11 is 5.95. The molecule has 1 rings (SSSR count). The molecule has 0 aliphatic carbocycles. The molecule has 0 spiro atoms. The number of halogens is 1. The Balaban J connectivity index is 2.91. The fraction of sp³-hybridized carbons (Fsp3) is 0.364. The summed E-state index contributed by atoms with van der Waals surface area (Å²) in [5.74, 6) is -1.17. The van der Waals surface area contributed by atoms with Gasteiger partial charge in [-0.1, -0.05) is 29.8 Å². The molecule has 0 aliphatic rings. The van der Waals surface area contributed by atoms with Gasteiger partial charge in [-0.2, -0.15) is 0 Å². The summed E-state index contributed by atoms with van der Waals surface area (Å²) in [6.07, 6.45) is -3.17. The average Bonchev–Trinajstić information content (AvgIpc) is 2.20. The molecule has 0 saturated heterocycles. The van der Waals surface area contributed by atoms with Crippen LogP contribution in [0.3, 0.4) is 0 Å². The van der Waals surface area contributed by atoms with E-state index in [1.165, 1.54) is 0 Å². The van der Waals surface area contributed by atoms with Gasteiger partial charge in [-0.15, -0.1) is 0 Å². The number of aliphatic hydroxyl groups is 2. The van der Waals surface area contributed by atoms with E-state index in [2.05, 4.69) is 0 Å². The molecule has 0 amide bonds. The summed E-state index contributed by atoms with van der Waals surface area (Å²) in [4.78, 5) is 10.4. The van der Waals surface area contributed by atoms with Gasteiger partial charge in [-0.05, 0) is 12.5 Å². The third-order valence-corrected chi connectivity index (χ3v) is 2.80. The molecule has 2 unspecified atom stereocenters. The number of carboxylic acid groups (broad SMARTS) is 1. The highest BCUT2D eigenvalue weighted by Crippen LogP contribution is 2.28. The van der Waals surface area contributed by atoms with Crippen molar-refractivity contribution in [2.75, 3.05) is 0 Å². The maximum Gasteiger partial charge on any atom is 0.306 e. The highest BCUT2D eigenvalue weighted by molar-refractivity contribution is 6.32. The second-order valence-corrected chi connectivity index (χ2v) is 3.97. The first-order valence-corrected chi connectivity index (χ1v) is 5.14. The lowest BCUT2D eigenvalue weighted by Gasteiger charge is -2.18. The molecule has 0 heterocycles. The van der Waals surface area contributed by atoms with Crippen molar-refractivity contribution in [3.8, 4) is 0 Å². The minimum Gasteiger partial charge on any atom is -0.481 e. The number of carbonyl (C=O) groups is 1. The molecule has 0 aromatic heterocycles. The molecule has 0 fully saturated rings. The molecule has 16 heavy (non-hydrogen) atoms. The van der Waals surface area contributed by atoms with Crippen LogP contribution >= 0.6 is 11.6 Å². The van der Waals surface area contributed by atoms with Gasteiger partial charge in [0.05, 0.1) is 12.5 Å². The van der Waals surface area contributed by atoms with E-state index >= 15 is 0 Å². The second kappa shape index (κ2) is 5.30. The SMILES string of the molecule is Cc1cccc(C(O)C(O)CC(=O)O)c1Cl. The molecule has 1 aromatic carbocycles. The van der Waals surface area contributed by atoms with Crippen LogP contribution in [-0.2, 0) is 4.79 Å². The number of aryl methyl sites for hydroxylation is 1. The third kappa shape index (κ3) is 2.95. The van der Waals surface area contributed by atoms with Crippen molar-refractivity contribution in [2.24, 2.45) is 0 Å². The molecular formula is C11H13ClO4. The van der Waals surface area contributed by atoms with Crippen molar-refractivity contribution in [3.05, 3.63) is 34.3 Å². The molecule has 0 saturated carbocycles. The van der Waals surface area contributed by atoms with Gasteiger partial charge >= 0.3 is 5.97 Å². The van der Waals surface area contributed by atoms with E-state index in [1.54, 1.807) is 25.1 Å². The molecule has 5 heteroatoms. The first-order chi connectivity index (χ1) is 7.43. The molecule has 88 valence electrons. The lowest BCUT2D eigenvalue weighted by Crippen LogP contribution is -2.22. The zero-order chi connectivity index (χ0) is 12.3. The van der Waals surface area contributed by atoms with Crippen molar-refractivity contribution >= 4 is 17.6 Å². The maximum atomic E-state index is 10.4. The van der Waals surface area contributed by atoms with E-state index in [9.17, 15) is 15.0 Å². The van der Waals surface area contributed by atoms with Crippen LogP contribution in [0.25, 0.3) is 0 Å². The predicted octanol–water partition coefficient (Wildman–Crippen LogP) is 1.52. The fourth-order valence-corrected chi connectivity index (χ4v) is 1.63. The zero-order valence-electron chi connectivity index (χ0n) is 8.72. The quantitative estimate of drug-likeness (QED) is 0.750. The van der Waals surface area contributed by atoms with Crippen molar-refractivity contribution in [3.63, 3.8) is 0 Å². The molecule has 2 atom stereocenters. The van der Waals surface area contributed by atoms with Crippen molar-refractivity contribution in [1.82, 2.24) is 0 Å². The van der Waals surface area contributed by atoms with Crippen molar-refractivity contribution in [2.45, 2.75) is 25.6 Å². The predicted molar refractivity (Wildman–Crippen MR) is 59.4 cm³/mol. The number of benzene rings is 1. The molecule has 0 radical (unpaired) electrons. The fourth-order valence-electron chi connectivity index (χ4n) is 1.40. The number of aliphatic carboxylic acids is 1. The first kappa shape index (κ1) is 13.0. The summed E-state index contributed by atoms with van der Waals surface area (Å²) in [6, 6.07) is 5.01. The summed E-state index contributed by atoms with van der Waals surface area (Å²) in [6.45, 7) is 1.77. The van der Waals surface area contributed by atoms with Crippen LogP contribution in [0.2, 0.25) is 5.02 Å². The standard InChI is InChI=1S/C11H13ClO4/c1-6-3-2-4-7(10(6)12)11(16)8(13)5-9(14)15/h2-4,8,11,13,16H,5H2,1H3,(H,14,15). The van der Waals surface area contributed by atoms with Crippen LogP contribution in [0.1, 0.15) is 23.7 Å². The summed E-state index contributed by atoms with van der Waals surface area (Å²) in [5, 5.41) is 28.1. The third-order valence-electron chi connectivity index (χ3n) is 2.29. The minimum atomic E-state index is -1.36. The summed E-state index contributed by atoms with van der Waals surface area (Å²) in [7, 11) is 0. The van der Waals surface area contributed by atoms with Gasteiger partial charge in [-0.3, -0.25) is 4.79 Å². The molecular weight excluding hydrogens is 232 g/mol. The van der Waals surface area contributed by atoms with Gasteiger partial charge in [0.25, 0.3) is 0 Å². The highest BCUT2D eigenvalue weighted by Gasteiger charge is 2.23. The Morgan fingerprint density at radius 3 is 2.62 bits per heavy atom. The number of hydrogen-bond acceptors (Lipinski definition) is 3. The second-order valence-electron chi connectivity index (χ2n) is 3.59. The Labute approximate surface area is 98.1 Å². The van der Waals surface area contributed by atoms with E-state index in [0.717, 1.165) is 5.56 Å². The molecule has 1 aromatic rings. The number of carboxylic acids is 1. The number of aliphatic hydroxyl groups excluding tert-OH is 2. The Morgan fingerprint density at radius 2 is 2.06 bits per heavy atom.